The van der Waals surface area contributed by atoms with E-state index in [9.17, 15) is 4.79 Å². The van der Waals surface area contributed by atoms with Gasteiger partial charge < -0.3 is 15.2 Å². The Hall–Kier alpha value is -1.55. The second kappa shape index (κ2) is 6.57. The minimum atomic E-state index is -0.905. The Morgan fingerprint density at radius 2 is 2.11 bits per heavy atom. The first-order valence-corrected chi connectivity index (χ1v) is 6.42. The highest BCUT2D eigenvalue weighted by Crippen LogP contribution is 2.23. The molecule has 1 rings (SSSR count). The largest absolute Gasteiger partial charge is 0.478 e. The van der Waals surface area contributed by atoms with Crippen molar-refractivity contribution in [2.24, 2.45) is 5.41 Å². The van der Waals surface area contributed by atoms with Gasteiger partial charge in [0.15, 0.2) is 0 Å². The number of anilines is 1. The molecule has 19 heavy (non-hydrogen) atoms. The zero-order valence-electron chi connectivity index (χ0n) is 12.1. The normalized spacial score (nSPS) is 11.4. The van der Waals surface area contributed by atoms with E-state index < -0.39 is 5.97 Å². The Morgan fingerprint density at radius 3 is 2.68 bits per heavy atom. The Labute approximate surface area is 114 Å². The van der Waals surface area contributed by atoms with E-state index in [-0.39, 0.29) is 5.41 Å². The van der Waals surface area contributed by atoms with Crippen LogP contribution in [0.25, 0.3) is 0 Å². The van der Waals surface area contributed by atoms with Crippen molar-refractivity contribution >= 4 is 11.7 Å². The van der Waals surface area contributed by atoms with Crippen molar-refractivity contribution in [3.8, 4) is 0 Å². The van der Waals surface area contributed by atoms with Gasteiger partial charge in [-0.3, -0.25) is 0 Å². The lowest BCUT2D eigenvalue weighted by Gasteiger charge is -2.25. The second-order valence-electron chi connectivity index (χ2n) is 5.61. The summed E-state index contributed by atoms with van der Waals surface area (Å²) in [6, 6.07) is 5.32. The van der Waals surface area contributed by atoms with E-state index in [2.05, 4.69) is 19.2 Å². The van der Waals surface area contributed by atoms with Gasteiger partial charge in [-0.15, -0.1) is 0 Å². The Bertz CT molecular complexity index is 441. The van der Waals surface area contributed by atoms with Crippen LogP contribution in [-0.2, 0) is 4.74 Å². The highest BCUT2D eigenvalue weighted by Gasteiger charge is 2.18. The third-order valence-electron chi connectivity index (χ3n) is 3.15. The van der Waals surface area contributed by atoms with Gasteiger partial charge in [0, 0.05) is 25.9 Å². The van der Waals surface area contributed by atoms with Crippen LogP contribution in [0.2, 0.25) is 0 Å². The molecule has 0 fully saturated rings. The standard InChI is InChI=1S/C15H23NO3/c1-11-5-6-12(14(17)18)13(9-11)16-10-15(2,3)7-8-19-4/h5-6,9,16H,7-8,10H2,1-4H3,(H,17,18). The first-order chi connectivity index (χ1) is 8.85. The smallest absolute Gasteiger partial charge is 0.337 e. The van der Waals surface area contributed by atoms with Crippen LogP contribution in [0, 0.1) is 12.3 Å². The number of rotatable bonds is 7. The summed E-state index contributed by atoms with van der Waals surface area (Å²) in [5.74, 6) is -0.905. The maximum Gasteiger partial charge on any atom is 0.337 e. The molecule has 0 atom stereocenters. The summed E-state index contributed by atoms with van der Waals surface area (Å²) in [6.45, 7) is 7.63. The van der Waals surface area contributed by atoms with Gasteiger partial charge >= 0.3 is 5.97 Å². The molecule has 0 spiro atoms. The van der Waals surface area contributed by atoms with Crippen LogP contribution in [0.15, 0.2) is 18.2 Å². The van der Waals surface area contributed by atoms with Crippen LogP contribution >= 0.6 is 0 Å². The molecule has 0 heterocycles. The van der Waals surface area contributed by atoms with E-state index in [0.29, 0.717) is 24.4 Å². The molecule has 0 aliphatic rings. The van der Waals surface area contributed by atoms with Gasteiger partial charge in [-0.2, -0.15) is 0 Å². The lowest BCUT2D eigenvalue weighted by atomic mass is 9.89. The Kier molecular flexibility index (Phi) is 5.36. The Morgan fingerprint density at radius 1 is 1.42 bits per heavy atom. The van der Waals surface area contributed by atoms with Crippen molar-refractivity contribution in [2.75, 3.05) is 25.6 Å². The van der Waals surface area contributed by atoms with Crippen molar-refractivity contribution in [3.05, 3.63) is 29.3 Å². The van der Waals surface area contributed by atoms with Crippen LogP contribution in [0.3, 0.4) is 0 Å². The van der Waals surface area contributed by atoms with E-state index in [1.165, 1.54) is 0 Å². The van der Waals surface area contributed by atoms with Crippen molar-refractivity contribution in [2.45, 2.75) is 27.2 Å². The molecule has 0 amide bonds. The number of carboxylic acid groups (broad SMARTS) is 1. The fourth-order valence-electron chi connectivity index (χ4n) is 1.79. The number of carboxylic acids is 1. The second-order valence-corrected chi connectivity index (χ2v) is 5.61. The first kappa shape index (κ1) is 15.5. The van der Waals surface area contributed by atoms with Gasteiger partial charge in [0.05, 0.1) is 5.56 Å². The number of carbonyl (C=O) groups is 1. The number of hydrogen-bond acceptors (Lipinski definition) is 3. The molecule has 106 valence electrons. The predicted molar refractivity (Wildman–Crippen MR) is 76.9 cm³/mol. The van der Waals surface area contributed by atoms with Gasteiger partial charge in [0.25, 0.3) is 0 Å². The third-order valence-corrected chi connectivity index (χ3v) is 3.15. The summed E-state index contributed by atoms with van der Waals surface area (Å²) in [5, 5.41) is 12.4. The van der Waals surface area contributed by atoms with E-state index in [4.69, 9.17) is 9.84 Å². The summed E-state index contributed by atoms with van der Waals surface area (Å²) >= 11 is 0. The zero-order chi connectivity index (χ0) is 14.5. The highest BCUT2D eigenvalue weighted by atomic mass is 16.5. The molecule has 0 aliphatic heterocycles. The van der Waals surface area contributed by atoms with Crippen LogP contribution in [0.1, 0.15) is 36.2 Å². The van der Waals surface area contributed by atoms with Crippen molar-refractivity contribution in [1.82, 2.24) is 0 Å². The number of hydrogen-bond donors (Lipinski definition) is 2. The van der Waals surface area contributed by atoms with Crippen LogP contribution in [-0.4, -0.2) is 31.3 Å². The highest BCUT2D eigenvalue weighted by molar-refractivity contribution is 5.94. The molecule has 1 aromatic rings. The minimum absolute atomic E-state index is 0.0511. The molecule has 0 aromatic heterocycles. The molecule has 0 saturated carbocycles. The molecule has 4 heteroatoms. The summed E-state index contributed by atoms with van der Waals surface area (Å²) in [4.78, 5) is 11.2. The molecule has 0 unspecified atom stereocenters. The molecule has 2 N–H and O–H groups in total. The molecular formula is C15H23NO3. The zero-order valence-corrected chi connectivity index (χ0v) is 12.1. The summed E-state index contributed by atoms with van der Waals surface area (Å²) in [5.41, 5.74) is 2.09. The molecular weight excluding hydrogens is 242 g/mol. The maximum atomic E-state index is 11.2. The van der Waals surface area contributed by atoms with E-state index in [1.807, 2.05) is 19.1 Å². The molecule has 0 bridgehead atoms. The third kappa shape index (κ3) is 4.91. The summed E-state index contributed by atoms with van der Waals surface area (Å²) < 4.78 is 5.09. The van der Waals surface area contributed by atoms with Gasteiger partial charge in [-0.25, -0.2) is 4.79 Å². The van der Waals surface area contributed by atoms with Crippen LogP contribution < -0.4 is 5.32 Å². The van der Waals surface area contributed by atoms with Crippen LogP contribution in [0.5, 0.6) is 0 Å². The quantitative estimate of drug-likeness (QED) is 0.795. The molecule has 4 nitrogen and oxygen atoms in total. The number of methoxy groups -OCH3 is 1. The van der Waals surface area contributed by atoms with E-state index in [1.54, 1.807) is 13.2 Å². The number of aryl methyl sites for hydroxylation is 1. The van der Waals surface area contributed by atoms with Gasteiger partial charge in [-0.1, -0.05) is 19.9 Å². The summed E-state index contributed by atoms with van der Waals surface area (Å²) in [6.07, 6.45) is 0.921. The average Bonchev–Trinajstić information content (AvgIpc) is 2.34. The fourth-order valence-corrected chi connectivity index (χ4v) is 1.79. The number of ether oxygens (including phenoxy) is 1. The lowest BCUT2D eigenvalue weighted by molar-refractivity contribution is 0.0697. The van der Waals surface area contributed by atoms with Gasteiger partial charge in [0.1, 0.15) is 0 Å². The molecule has 1 aromatic carbocycles. The predicted octanol–water partition coefficient (Wildman–Crippen LogP) is 3.17. The Balaban J connectivity index is 2.76. The number of benzene rings is 1. The van der Waals surface area contributed by atoms with E-state index in [0.717, 1.165) is 12.0 Å². The average molecular weight is 265 g/mol. The molecule has 0 aliphatic carbocycles. The van der Waals surface area contributed by atoms with Crippen molar-refractivity contribution < 1.29 is 14.6 Å². The molecule has 0 saturated heterocycles. The van der Waals surface area contributed by atoms with Crippen LogP contribution in [0.4, 0.5) is 5.69 Å². The topological polar surface area (TPSA) is 58.6 Å². The lowest BCUT2D eigenvalue weighted by Crippen LogP contribution is -2.25. The van der Waals surface area contributed by atoms with Crippen molar-refractivity contribution in [1.29, 1.82) is 0 Å². The fraction of sp³-hybridized carbons (Fsp3) is 0.533. The minimum Gasteiger partial charge on any atom is -0.478 e. The monoisotopic (exact) mass is 265 g/mol. The maximum absolute atomic E-state index is 11.2. The van der Waals surface area contributed by atoms with Gasteiger partial charge in [-0.05, 0) is 36.5 Å². The SMILES string of the molecule is COCCC(C)(C)CNc1cc(C)ccc1C(=O)O. The van der Waals surface area contributed by atoms with Crippen molar-refractivity contribution in [3.63, 3.8) is 0 Å². The summed E-state index contributed by atoms with van der Waals surface area (Å²) in [7, 11) is 1.69. The number of nitrogens with one attached hydrogen (secondary N) is 1. The van der Waals surface area contributed by atoms with E-state index >= 15 is 0 Å². The first-order valence-electron chi connectivity index (χ1n) is 6.42. The number of aromatic carboxylic acids is 1. The molecule has 0 radical (unpaired) electrons. The van der Waals surface area contributed by atoms with Gasteiger partial charge in [0.2, 0.25) is 0 Å².